The minimum atomic E-state index is -0.254. The van der Waals surface area contributed by atoms with Crippen LogP contribution in [-0.4, -0.2) is 84.5 Å². The molecular formula is C26H32FN7O2. The predicted molar refractivity (Wildman–Crippen MR) is 138 cm³/mol. The highest BCUT2D eigenvalue weighted by atomic mass is 19.1. The maximum atomic E-state index is 14.6. The van der Waals surface area contributed by atoms with E-state index in [2.05, 4.69) is 28.5 Å². The van der Waals surface area contributed by atoms with Crippen LogP contribution in [0.4, 0.5) is 4.39 Å². The maximum Gasteiger partial charge on any atom is 0.237 e. The molecule has 1 amide bonds. The standard InChI is InChI=1S/C26H32FN7O2/c1-16-9-18(10-17(2)34(16)25(35)14-32(3)4)20-11-28-26(33-13-23(20)31-30-15-33)29-12-21-19-7-8-36-24(19)6-5-22(21)27/h5-6,9,11,15-17H,7-8,10,12-14H2,1-4H3,(H,28,29). The van der Waals surface area contributed by atoms with E-state index in [1.54, 1.807) is 12.4 Å². The quantitative estimate of drug-likeness (QED) is 0.681. The third-order valence-corrected chi connectivity index (χ3v) is 6.91. The van der Waals surface area contributed by atoms with Crippen LogP contribution in [0.25, 0.3) is 0 Å². The van der Waals surface area contributed by atoms with Gasteiger partial charge in [-0.05, 0) is 52.1 Å². The summed E-state index contributed by atoms with van der Waals surface area (Å²) in [6.07, 6.45) is 6.97. The third kappa shape index (κ3) is 4.65. The van der Waals surface area contributed by atoms with E-state index >= 15 is 0 Å². The molecule has 4 aliphatic heterocycles. The van der Waals surface area contributed by atoms with Crippen molar-refractivity contribution in [2.75, 3.05) is 33.8 Å². The van der Waals surface area contributed by atoms with Crippen LogP contribution in [-0.2, 0) is 17.8 Å². The maximum absolute atomic E-state index is 14.6. The minimum Gasteiger partial charge on any atom is -0.493 e. The van der Waals surface area contributed by atoms with Crippen molar-refractivity contribution in [3.05, 3.63) is 52.5 Å². The molecule has 10 heteroatoms. The number of ether oxygens (including phenoxy) is 1. The summed E-state index contributed by atoms with van der Waals surface area (Å²) in [6.45, 7) is 5.86. The summed E-state index contributed by atoms with van der Waals surface area (Å²) >= 11 is 0. The summed E-state index contributed by atoms with van der Waals surface area (Å²) in [5.41, 5.74) is 4.35. The van der Waals surface area contributed by atoms with Crippen molar-refractivity contribution in [1.82, 2.24) is 20.0 Å². The van der Waals surface area contributed by atoms with Crippen LogP contribution in [0, 0.1) is 5.82 Å². The Balaban J connectivity index is 1.38. The molecule has 0 aromatic heterocycles. The lowest BCUT2D eigenvalue weighted by molar-refractivity contribution is -0.135. The van der Waals surface area contributed by atoms with Crippen LogP contribution in [0.2, 0.25) is 0 Å². The Morgan fingerprint density at radius 3 is 2.92 bits per heavy atom. The molecule has 2 unspecified atom stereocenters. The van der Waals surface area contributed by atoms with Crippen LogP contribution in [0.5, 0.6) is 5.75 Å². The van der Waals surface area contributed by atoms with Crippen molar-refractivity contribution in [3.8, 4) is 5.75 Å². The van der Waals surface area contributed by atoms with Crippen molar-refractivity contribution in [2.24, 2.45) is 15.2 Å². The highest BCUT2D eigenvalue weighted by Gasteiger charge is 2.33. The molecular weight excluding hydrogens is 461 g/mol. The van der Waals surface area contributed by atoms with Gasteiger partial charge in [-0.3, -0.25) is 9.69 Å². The Morgan fingerprint density at radius 1 is 1.31 bits per heavy atom. The first-order chi connectivity index (χ1) is 17.3. The second-order valence-electron chi connectivity index (χ2n) is 9.88. The number of nitrogens with one attached hydrogen (secondary N) is 1. The number of fused-ring (bicyclic) bond motifs is 3. The first-order valence-corrected chi connectivity index (χ1v) is 12.3. The summed E-state index contributed by atoms with van der Waals surface area (Å²) in [4.78, 5) is 23.2. The summed E-state index contributed by atoms with van der Waals surface area (Å²) in [7, 11) is 3.80. The molecule has 4 aliphatic rings. The van der Waals surface area contributed by atoms with Gasteiger partial charge in [-0.1, -0.05) is 6.08 Å². The monoisotopic (exact) mass is 493 g/mol. The van der Waals surface area contributed by atoms with Crippen LogP contribution in [0.15, 0.2) is 50.8 Å². The second kappa shape index (κ2) is 9.85. The average Bonchev–Trinajstić information content (AvgIpc) is 3.26. The summed E-state index contributed by atoms with van der Waals surface area (Å²) < 4.78 is 20.2. The number of carbonyl (C=O) groups excluding carboxylic acids is 1. The van der Waals surface area contributed by atoms with Gasteiger partial charge in [0.25, 0.3) is 0 Å². The van der Waals surface area contributed by atoms with E-state index in [4.69, 9.17) is 9.73 Å². The van der Waals surface area contributed by atoms with Gasteiger partial charge in [0.2, 0.25) is 11.9 Å². The van der Waals surface area contributed by atoms with Crippen molar-refractivity contribution in [1.29, 1.82) is 0 Å². The van der Waals surface area contributed by atoms with Gasteiger partial charge in [0.1, 0.15) is 17.9 Å². The molecule has 1 N–H and O–H groups in total. The molecule has 1 aromatic carbocycles. The molecule has 36 heavy (non-hydrogen) atoms. The third-order valence-electron chi connectivity index (χ3n) is 6.91. The molecule has 0 saturated heterocycles. The van der Waals surface area contributed by atoms with Gasteiger partial charge in [0.15, 0.2) is 0 Å². The van der Waals surface area contributed by atoms with Gasteiger partial charge in [-0.15, -0.1) is 5.10 Å². The van der Waals surface area contributed by atoms with E-state index in [0.29, 0.717) is 44.1 Å². The molecule has 5 rings (SSSR count). The largest absolute Gasteiger partial charge is 0.493 e. The molecule has 0 radical (unpaired) electrons. The lowest BCUT2D eigenvalue weighted by Gasteiger charge is -2.39. The topological polar surface area (TPSA) is 85.1 Å². The fraction of sp³-hybridized carbons (Fsp3) is 0.462. The summed E-state index contributed by atoms with van der Waals surface area (Å²) in [6, 6.07) is 3.14. The molecule has 0 saturated carbocycles. The lowest BCUT2D eigenvalue weighted by Crippen LogP contribution is -2.50. The van der Waals surface area contributed by atoms with Gasteiger partial charge in [-0.25, -0.2) is 9.38 Å². The molecule has 9 nitrogen and oxygen atoms in total. The number of hydrogen-bond donors (Lipinski definition) is 1. The SMILES string of the molecule is CC1C=C(C2=CN=C(NCc3c(F)ccc4c3CCO4)N3C=NN=C2C3)CC(C)N1C(=O)CN(C)C. The summed E-state index contributed by atoms with van der Waals surface area (Å²) in [5, 5.41) is 11.9. The van der Waals surface area contributed by atoms with Crippen LogP contribution in [0.1, 0.15) is 31.4 Å². The van der Waals surface area contributed by atoms with E-state index < -0.39 is 0 Å². The molecule has 0 fully saturated rings. The molecule has 2 atom stereocenters. The first-order valence-electron chi connectivity index (χ1n) is 12.3. The molecule has 0 spiro atoms. The van der Waals surface area contributed by atoms with Crippen LogP contribution < -0.4 is 10.1 Å². The molecule has 190 valence electrons. The van der Waals surface area contributed by atoms with Gasteiger partial charge in [0, 0.05) is 47.9 Å². The van der Waals surface area contributed by atoms with E-state index in [1.807, 2.05) is 41.9 Å². The zero-order chi connectivity index (χ0) is 25.4. The molecule has 1 aromatic rings. The van der Waals surface area contributed by atoms with Crippen LogP contribution in [0.3, 0.4) is 0 Å². The number of halogens is 1. The van der Waals surface area contributed by atoms with E-state index in [1.165, 1.54) is 6.07 Å². The Hall–Kier alpha value is -3.53. The number of nitrogens with zero attached hydrogens (tertiary/aromatic N) is 6. The van der Waals surface area contributed by atoms with Crippen LogP contribution >= 0.6 is 0 Å². The number of likely N-dealkylation sites (N-methyl/N-ethyl adjacent to an activating group) is 1. The highest BCUT2D eigenvalue weighted by molar-refractivity contribution is 6.11. The summed E-state index contributed by atoms with van der Waals surface area (Å²) in [5.74, 6) is 1.19. The number of carbonyl (C=O) groups is 1. The van der Waals surface area contributed by atoms with E-state index in [0.717, 1.165) is 28.2 Å². The van der Waals surface area contributed by atoms with Gasteiger partial charge >= 0.3 is 0 Å². The Bertz CT molecular complexity index is 1220. The number of amides is 1. The van der Waals surface area contributed by atoms with Gasteiger partial charge in [0.05, 0.1) is 25.4 Å². The second-order valence-corrected chi connectivity index (χ2v) is 9.88. The minimum absolute atomic E-state index is 0.0453. The number of guanidine groups is 1. The van der Waals surface area contributed by atoms with Crippen molar-refractivity contribution in [3.63, 3.8) is 0 Å². The fourth-order valence-electron chi connectivity index (χ4n) is 5.31. The number of aliphatic imine (C=N–C) groups is 1. The van der Waals surface area contributed by atoms with Gasteiger partial charge in [-0.2, -0.15) is 5.10 Å². The Morgan fingerprint density at radius 2 is 2.14 bits per heavy atom. The Kier molecular flexibility index (Phi) is 6.61. The first kappa shape index (κ1) is 24.2. The fourth-order valence-corrected chi connectivity index (χ4v) is 5.31. The van der Waals surface area contributed by atoms with E-state index in [-0.39, 0.29) is 30.4 Å². The van der Waals surface area contributed by atoms with Crippen molar-refractivity contribution < 1.29 is 13.9 Å². The highest BCUT2D eigenvalue weighted by Crippen LogP contribution is 2.31. The van der Waals surface area contributed by atoms with E-state index in [9.17, 15) is 9.18 Å². The lowest BCUT2D eigenvalue weighted by atomic mass is 9.89. The zero-order valence-electron chi connectivity index (χ0n) is 21.2. The average molecular weight is 494 g/mol. The number of hydrogen-bond acceptors (Lipinski definition) is 8. The normalized spacial score (nSPS) is 22.8. The number of rotatable bonds is 5. The molecule has 2 bridgehead atoms. The molecule has 0 aliphatic carbocycles. The van der Waals surface area contributed by atoms with Crippen molar-refractivity contribution >= 4 is 23.9 Å². The zero-order valence-corrected chi connectivity index (χ0v) is 21.2. The van der Waals surface area contributed by atoms with Gasteiger partial charge < -0.3 is 19.9 Å². The molecule has 4 heterocycles. The smallest absolute Gasteiger partial charge is 0.237 e. The number of benzene rings is 1. The van der Waals surface area contributed by atoms with Crippen molar-refractivity contribution in [2.45, 2.75) is 45.3 Å². The Labute approximate surface area is 210 Å². The predicted octanol–water partition coefficient (Wildman–Crippen LogP) is 2.30.